The predicted molar refractivity (Wildman–Crippen MR) is 286 cm³/mol. The number of aryl methyl sites for hydroxylation is 2. The number of carbonyl (C=O) groups is 4. The molecule has 1 aliphatic heterocycles. The molecule has 0 spiro atoms. The summed E-state index contributed by atoms with van der Waals surface area (Å²) in [5, 5.41) is 20.6. The van der Waals surface area contributed by atoms with Gasteiger partial charge in [-0.05, 0) is 92.5 Å². The van der Waals surface area contributed by atoms with Crippen LogP contribution in [0.2, 0.25) is 5.02 Å². The van der Waals surface area contributed by atoms with Gasteiger partial charge in [0.15, 0.2) is 4.84 Å². The zero-order valence-corrected chi connectivity index (χ0v) is 48.4. The van der Waals surface area contributed by atoms with E-state index in [-0.39, 0.29) is 42.0 Å². The molecular formula is C46H59Cl4F3N5O16PS2. The van der Waals surface area contributed by atoms with Gasteiger partial charge >= 0.3 is 12.1 Å². The lowest BCUT2D eigenvalue weighted by molar-refractivity contribution is -0.385. The number of halogens is 7. The van der Waals surface area contributed by atoms with Gasteiger partial charge in [0.25, 0.3) is 17.5 Å². The molecule has 1 fully saturated rings. The Labute approximate surface area is 466 Å². The van der Waals surface area contributed by atoms with Crippen molar-refractivity contribution < 1.29 is 83.8 Å². The number of aliphatic carboxylic acids is 1. The summed E-state index contributed by atoms with van der Waals surface area (Å²) < 4.78 is 93.6. The van der Waals surface area contributed by atoms with Gasteiger partial charge in [-0.2, -0.15) is 13.2 Å². The number of anilines is 1. The van der Waals surface area contributed by atoms with Gasteiger partial charge in [-0.1, -0.05) is 59.9 Å². The number of alkyl halides is 6. The van der Waals surface area contributed by atoms with E-state index in [2.05, 4.69) is 25.7 Å². The fourth-order valence-corrected chi connectivity index (χ4v) is 7.61. The van der Waals surface area contributed by atoms with Crippen molar-refractivity contribution in [1.82, 2.24) is 14.9 Å². The number of hydrogen-bond donors (Lipinski definition) is 4. The van der Waals surface area contributed by atoms with Gasteiger partial charge in [0, 0.05) is 18.7 Å². The molecule has 1 aliphatic rings. The van der Waals surface area contributed by atoms with Crippen LogP contribution < -0.4 is 24.6 Å². The Morgan fingerprint density at radius 1 is 1.06 bits per heavy atom. The van der Waals surface area contributed by atoms with Crippen LogP contribution >= 0.6 is 54.0 Å². The van der Waals surface area contributed by atoms with Crippen LogP contribution in [0, 0.1) is 17.0 Å². The number of nitro benzene ring substituents is 1. The number of carboxylic acid groups (broad SMARTS) is 1. The van der Waals surface area contributed by atoms with E-state index in [1.54, 1.807) is 35.8 Å². The summed E-state index contributed by atoms with van der Waals surface area (Å²) >= 11 is 22.6. The first-order valence-electron chi connectivity index (χ1n) is 22.1. The molecule has 3 aromatic carbocycles. The highest BCUT2D eigenvalue weighted by Gasteiger charge is 2.45. The van der Waals surface area contributed by atoms with Crippen LogP contribution in [-0.4, -0.2) is 126 Å². The highest BCUT2D eigenvalue weighted by atomic mass is 35.5. The fraction of sp³-hybridized carbons (Fsp3) is 0.435. The van der Waals surface area contributed by atoms with Crippen molar-refractivity contribution in [3.05, 3.63) is 116 Å². The molecule has 77 heavy (non-hydrogen) atoms. The molecule has 31 heteroatoms. The third-order valence-corrected chi connectivity index (χ3v) is 11.4. The number of furan rings is 1. The monoisotopic (exact) mass is 1230 g/mol. The quantitative estimate of drug-likeness (QED) is 0.0193. The van der Waals surface area contributed by atoms with Gasteiger partial charge in [-0.25, -0.2) is 13.1 Å². The molecule has 430 valence electrons. The first kappa shape index (κ1) is 70.3. The highest BCUT2D eigenvalue weighted by Crippen LogP contribution is 2.39. The first-order valence-corrected chi connectivity index (χ1v) is 30.0. The second kappa shape index (κ2) is 32.4. The number of amides is 3. The van der Waals surface area contributed by atoms with Gasteiger partial charge in [0.2, 0.25) is 15.9 Å². The summed E-state index contributed by atoms with van der Waals surface area (Å²) in [6.45, 7) is 10.3. The zero-order valence-electron chi connectivity index (χ0n) is 42.9. The van der Waals surface area contributed by atoms with Gasteiger partial charge in [0.1, 0.15) is 54.9 Å². The zero-order chi connectivity index (χ0) is 59.2. The maximum Gasteiger partial charge on any atom is 0.416 e. The summed E-state index contributed by atoms with van der Waals surface area (Å²) in [5.74, 6) is -2.68. The van der Waals surface area contributed by atoms with Crippen molar-refractivity contribution >= 4 is 110 Å². The van der Waals surface area contributed by atoms with Crippen molar-refractivity contribution in [2.24, 2.45) is 0 Å². The number of rotatable bonds is 17. The van der Waals surface area contributed by atoms with E-state index in [4.69, 9.17) is 75.0 Å². The average molecular weight is 1230 g/mol. The second-order valence-electron chi connectivity index (χ2n) is 16.6. The summed E-state index contributed by atoms with van der Waals surface area (Å²) in [4.78, 5) is 75.8. The molecule has 4 aromatic rings. The SMILES string of the molecule is CC1(C)OC(c2ccco2)CN1C(=O)C(Cl)Cl.CCOCN(C(=O)CCl)c1c(C)cccc1CC.CS(=O)(=O)NC(=O)c1cc(Oc2ccc(C(F)(F)F)cc2Cl)ccc1[N+](=O)[O-].C[S+](C)C.O=C(O)CNCP(=O)([O-])O. The number of sulfonamides is 1. The smallest absolute Gasteiger partial charge is 0.416 e. The molecule has 21 nitrogen and oxygen atoms in total. The number of para-hydroxylation sites is 1. The molecule has 0 bridgehead atoms. The topological polar surface area (TPSA) is 298 Å². The number of nitrogens with one attached hydrogen (secondary N) is 2. The Morgan fingerprint density at radius 3 is 2.16 bits per heavy atom. The fourth-order valence-electron chi connectivity index (χ4n) is 6.17. The maximum atomic E-state index is 12.7. The van der Waals surface area contributed by atoms with Crippen molar-refractivity contribution in [1.29, 1.82) is 0 Å². The van der Waals surface area contributed by atoms with Crippen LogP contribution in [0.25, 0.3) is 0 Å². The predicted octanol–water partition coefficient (Wildman–Crippen LogP) is 8.25. The number of carbonyl (C=O) groups excluding carboxylic acids is 3. The largest absolute Gasteiger partial charge is 0.778 e. The average Bonchev–Trinajstić information content (AvgIpc) is 3.96. The molecule has 2 unspecified atom stereocenters. The van der Waals surface area contributed by atoms with Crippen LogP contribution in [-0.2, 0) is 61.9 Å². The molecule has 0 aliphatic carbocycles. The normalized spacial score (nSPS) is 14.4. The van der Waals surface area contributed by atoms with Gasteiger partial charge < -0.3 is 43.0 Å². The first-order chi connectivity index (χ1) is 35.5. The molecule has 1 saturated heterocycles. The van der Waals surface area contributed by atoms with E-state index >= 15 is 0 Å². The highest BCUT2D eigenvalue weighted by molar-refractivity contribution is 7.94. The third kappa shape index (κ3) is 25.8. The lowest BCUT2D eigenvalue weighted by atomic mass is 10.0. The van der Waals surface area contributed by atoms with Crippen molar-refractivity contribution in [3.8, 4) is 11.5 Å². The van der Waals surface area contributed by atoms with Crippen molar-refractivity contribution in [2.45, 2.75) is 63.9 Å². The Bertz CT molecular complexity index is 2760. The van der Waals surface area contributed by atoms with Crippen molar-refractivity contribution in [3.63, 3.8) is 0 Å². The van der Waals surface area contributed by atoms with Gasteiger partial charge in [0.05, 0.1) is 71.9 Å². The molecule has 5 rings (SSSR count). The number of nitro groups is 1. The minimum absolute atomic E-state index is 0.0371. The molecule has 0 saturated carbocycles. The second-order valence-corrected chi connectivity index (χ2v) is 24.1. The standard InChI is InChI=1S/C15H10ClF3N2O6S.C14H20ClNO2.C11H13Cl2NO3.C3H8NO5P.C3H9S/c1-28(25,26)20-14(22)10-7-9(3-4-12(10)21(23)24)27-13-5-2-8(6-11(13)16)15(17,18)19;1-4-12-8-6-7-11(3)14(12)16(10-18-5-2)13(17)9-15;1-11(2)14(10(15)9(12)13)6-8(17-11)7-4-3-5-16-7;5-3(6)1-4-2-10(7,8)9;1-4(2)3/h2-7H,1H3,(H,20,22);6-8H,4-5,9-10H2,1-3H3;3-5,8-9H,6H2,1-2H3;4H,1-2H2,(H,5,6)(H2,7,8,9);1-3H3/q;;;;+1/p-1. The number of carboxylic acids is 1. The van der Waals surface area contributed by atoms with Crippen LogP contribution in [0.15, 0.2) is 77.4 Å². The van der Waals surface area contributed by atoms with E-state index in [0.717, 1.165) is 47.5 Å². The van der Waals surface area contributed by atoms with Crippen molar-refractivity contribution in [2.75, 3.05) is 68.5 Å². The minimum Gasteiger partial charge on any atom is -0.778 e. The molecule has 1 aromatic heterocycles. The Hall–Kier alpha value is -4.70. The van der Waals surface area contributed by atoms with Crippen LogP contribution in [0.1, 0.15) is 66.6 Å². The van der Waals surface area contributed by atoms with E-state index < -0.39 is 85.8 Å². The Morgan fingerprint density at radius 2 is 1.69 bits per heavy atom. The molecule has 2 atom stereocenters. The molecule has 2 heterocycles. The molecule has 4 N–H and O–H groups in total. The summed E-state index contributed by atoms with van der Waals surface area (Å²) in [5.41, 5.74) is 0.0425. The Kier molecular flexibility index (Phi) is 29.6. The van der Waals surface area contributed by atoms with Crippen LogP contribution in [0.4, 0.5) is 24.5 Å². The lowest BCUT2D eigenvalue weighted by Crippen LogP contribution is -2.45. The summed E-state index contributed by atoms with van der Waals surface area (Å²) in [6, 6.07) is 14.7. The molecule has 0 radical (unpaired) electrons. The number of benzene rings is 3. The van der Waals surface area contributed by atoms with Gasteiger partial charge in [-0.3, -0.25) is 39.5 Å². The minimum atomic E-state index is -4.62. The van der Waals surface area contributed by atoms with E-state index in [0.29, 0.717) is 48.2 Å². The third-order valence-electron chi connectivity index (χ3n) is 9.32. The number of ether oxygens (including phenoxy) is 3. The summed E-state index contributed by atoms with van der Waals surface area (Å²) in [6.07, 6.45) is 4.10. The number of hydrogen-bond acceptors (Lipinski definition) is 15. The molecular weight excluding hydrogens is 1170 g/mol. The summed E-state index contributed by atoms with van der Waals surface area (Å²) in [7, 11) is -7.71. The molecule has 3 amide bonds. The lowest BCUT2D eigenvalue weighted by Gasteiger charge is -2.29. The van der Waals surface area contributed by atoms with E-state index in [1.807, 2.05) is 43.4 Å². The van der Waals surface area contributed by atoms with Crippen LogP contribution in [0.3, 0.4) is 0 Å². The van der Waals surface area contributed by atoms with Gasteiger partial charge in [-0.15, -0.1) is 11.6 Å². The van der Waals surface area contributed by atoms with Crippen LogP contribution in [0.5, 0.6) is 11.5 Å². The maximum absolute atomic E-state index is 12.7. The van der Waals surface area contributed by atoms with E-state index in [1.165, 1.54) is 4.90 Å². The number of nitrogens with zero attached hydrogens (tertiary/aromatic N) is 3. The van der Waals surface area contributed by atoms with E-state index in [9.17, 15) is 60.3 Å². The Balaban J connectivity index is 0.000000528.